The Morgan fingerprint density at radius 3 is 2.83 bits per heavy atom. The van der Waals surface area contributed by atoms with E-state index in [-0.39, 0.29) is 11.3 Å². The van der Waals surface area contributed by atoms with Crippen molar-refractivity contribution in [2.24, 2.45) is 0 Å². The van der Waals surface area contributed by atoms with Gasteiger partial charge < -0.3 is 5.32 Å². The Labute approximate surface area is 107 Å². The van der Waals surface area contributed by atoms with Crippen molar-refractivity contribution in [3.05, 3.63) is 35.4 Å². The van der Waals surface area contributed by atoms with Crippen molar-refractivity contribution < 1.29 is 9.18 Å². The molecular formula is C11H11FN4OS. The van der Waals surface area contributed by atoms with Crippen molar-refractivity contribution in [2.75, 3.05) is 17.7 Å². The van der Waals surface area contributed by atoms with Crippen LogP contribution in [0.25, 0.3) is 0 Å². The number of hydrogen-bond donors (Lipinski definition) is 2. The minimum Gasteiger partial charge on any atom is -0.385 e. The molecule has 0 saturated carbocycles. The zero-order chi connectivity index (χ0) is 13.1. The summed E-state index contributed by atoms with van der Waals surface area (Å²) in [6.45, 7) is 1.73. The number of nitrogens with zero attached hydrogens (tertiary/aromatic N) is 2. The minimum atomic E-state index is -0.474. The number of carbonyl (C=O) groups excluding carboxylic acids is 1. The van der Waals surface area contributed by atoms with E-state index in [4.69, 9.17) is 0 Å². The molecule has 0 atom stereocenters. The van der Waals surface area contributed by atoms with Crippen LogP contribution in [0.15, 0.2) is 18.2 Å². The van der Waals surface area contributed by atoms with Gasteiger partial charge >= 0.3 is 0 Å². The maximum absolute atomic E-state index is 13.5. The Morgan fingerprint density at radius 1 is 1.44 bits per heavy atom. The molecule has 2 aromatic rings. The number of anilines is 2. The number of aryl methyl sites for hydroxylation is 1. The maximum Gasteiger partial charge on any atom is 0.259 e. The van der Waals surface area contributed by atoms with E-state index in [0.717, 1.165) is 11.5 Å². The van der Waals surface area contributed by atoms with Crippen LogP contribution in [0.3, 0.4) is 0 Å². The summed E-state index contributed by atoms with van der Waals surface area (Å²) in [5.74, 6) is -0.308. The van der Waals surface area contributed by atoms with Gasteiger partial charge in [0.2, 0.25) is 5.13 Å². The van der Waals surface area contributed by atoms with E-state index in [1.54, 1.807) is 14.0 Å². The predicted molar refractivity (Wildman–Crippen MR) is 68.5 cm³/mol. The van der Waals surface area contributed by atoms with Gasteiger partial charge in [-0.1, -0.05) is 6.07 Å². The van der Waals surface area contributed by atoms with Crippen LogP contribution < -0.4 is 10.6 Å². The summed E-state index contributed by atoms with van der Waals surface area (Å²) in [5, 5.41) is 5.64. The molecule has 2 rings (SSSR count). The second kappa shape index (κ2) is 5.09. The van der Waals surface area contributed by atoms with Gasteiger partial charge in [0, 0.05) is 18.6 Å². The lowest BCUT2D eigenvalue weighted by Crippen LogP contribution is -2.14. The van der Waals surface area contributed by atoms with Crippen molar-refractivity contribution in [2.45, 2.75) is 6.92 Å². The first kappa shape index (κ1) is 12.4. The highest BCUT2D eigenvalue weighted by atomic mass is 32.1. The fourth-order valence-electron chi connectivity index (χ4n) is 1.48. The molecule has 0 aliphatic heterocycles. The first-order valence-electron chi connectivity index (χ1n) is 5.19. The summed E-state index contributed by atoms with van der Waals surface area (Å²) in [7, 11) is 1.56. The third-order valence-electron chi connectivity index (χ3n) is 2.26. The number of carbonyl (C=O) groups is 1. The van der Waals surface area contributed by atoms with Gasteiger partial charge in [-0.25, -0.2) is 9.37 Å². The summed E-state index contributed by atoms with van der Waals surface area (Å²) >= 11 is 1.08. The molecule has 0 radical (unpaired) electrons. The third kappa shape index (κ3) is 2.45. The van der Waals surface area contributed by atoms with E-state index in [2.05, 4.69) is 20.0 Å². The zero-order valence-electron chi connectivity index (χ0n) is 9.82. The Bertz CT molecular complexity index is 584. The van der Waals surface area contributed by atoms with Crippen LogP contribution in [0.1, 0.15) is 16.2 Å². The molecule has 7 heteroatoms. The quantitative estimate of drug-likeness (QED) is 0.894. The lowest BCUT2D eigenvalue weighted by atomic mass is 10.1. The van der Waals surface area contributed by atoms with Crippen LogP contribution in [0.4, 0.5) is 15.2 Å². The van der Waals surface area contributed by atoms with Crippen LogP contribution in [0, 0.1) is 12.7 Å². The predicted octanol–water partition coefficient (Wildman–Crippen LogP) is 2.28. The number of benzene rings is 1. The van der Waals surface area contributed by atoms with Gasteiger partial charge in [-0.2, -0.15) is 4.37 Å². The molecule has 2 N–H and O–H groups in total. The summed E-state index contributed by atoms with van der Waals surface area (Å²) in [6, 6.07) is 4.31. The van der Waals surface area contributed by atoms with Gasteiger partial charge in [-0.05, 0) is 19.1 Å². The van der Waals surface area contributed by atoms with E-state index in [1.165, 1.54) is 18.2 Å². The highest BCUT2D eigenvalue weighted by Crippen LogP contribution is 2.21. The summed E-state index contributed by atoms with van der Waals surface area (Å²) in [6.07, 6.45) is 0. The number of rotatable bonds is 3. The van der Waals surface area contributed by atoms with Gasteiger partial charge in [0.1, 0.15) is 11.6 Å². The molecule has 18 heavy (non-hydrogen) atoms. The number of aromatic nitrogens is 2. The van der Waals surface area contributed by atoms with E-state index >= 15 is 0 Å². The molecule has 0 saturated heterocycles. The average molecular weight is 266 g/mol. The van der Waals surface area contributed by atoms with E-state index in [1.807, 2.05) is 0 Å². The van der Waals surface area contributed by atoms with Gasteiger partial charge in [0.05, 0.1) is 11.3 Å². The van der Waals surface area contributed by atoms with E-state index < -0.39 is 11.7 Å². The van der Waals surface area contributed by atoms with Crippen LogP contribution in [0.5, 0.6) is 0 Å². The Kier molecular flexibility index (Phi) is 3.52. The van der Waals surface area contributed by atoms with E-state index in [9.17, 15) is 9.18 Å². The molecule has 94 valence electrons. The molecule has 1 heterocycles. The molecule has 0 bridgehead atoms. The standard InChI is InChI=1S/C11H11FN4OS/c1-6-14-11(18-16-6)15-10(17)7-4-3-5-8(12)9(7)13-2/h3-5,13H,1-2H3,(H,14,15,16,17). The van der Waals surface area contributed by atoms with Gasteiger partial charge in [-0.15, -0.1) is 0 Å². The van der Waals surface area contributed by atoms with Crippen molar-refractivity contribution >= 4 is 28.3 Å². The first-order valence-corrected chi connectivity index (χ1v) is 5.97. The molecule has 0 spiro atoms. The Hall–Kier alpha value is -2.02. The summed E-state index contributed by atoms with van der Waals surface area (Å²) < 4.78 is 17.4. The molecule has 1 aromatic heterocycles. The fourth-order valence-corrected chi connectivity index (χ4v) is 2.05. The molecular weight excluding hydrogens is 255 g/mol. The fraction of sp³-hybridized carbons (Fsp3) is 0.182. The summed E-state index contributed by atoms with van der Waals surface area (Å²) in [4.78, 5) is 16.0. The smallest absolute Gasteiger partial charge is 0.259 e. The van der Waals surface area contributed by atoms with Gasteiger partial charge in [0.25, 0.3) is 5.91 Å². The summed E-state index contributed by atoms with van der Waals surface area (Å²) in [5.41, 5.74) is 0.390. The third-order valence-corrected chi connectivity index (χ3v) is 2.98. The highest BCUT2D eigenvalue weighted by Gasteiger charge is 2.15. The lowest BCUT2D eigenvalue weighted by molar-refractivity contribution is 0.102. The first-order chi connectivity index (χ1) is 8.61. The van der Waals surface area contributed by atoms with Gasteiger partial charge in [-0.3, -0.25) is 10.1 Å². The number of hydrogen-bond acceptors (Lipinski definition) is 5. The zero-order valence-corrected chi connectivity index (χ0v) is 10.6. The monoisotopic (exact) mass is 266 g/mol. The molecule has 1 amide bonds. The molecule has 1 aromatic carbocycles. The molecule has 0 fully saturated rings. The lowest BCUT2D eigenvalue weighted by Gasteiger charge is -2.08. The topological polar surface area (TPSA) is 66.9 Å². The van der Waals surface area contributed by atoms with Gasteiger partial charge in [0.15, 0.2) is 0 Å². The maximum atomic E-state index is 13.5. The largest absolute Gasteiger partial charge is 0.385 e. The highest BCUT2D eigenvalue weighted by molar-refractivity contribution is 7.09. The van der Waals surface area contributed by atoms with Crippen molar-refractivity contribution in [1.29, 1.82) is 0 Å². The van der Waals surface area contributed by atoms with Crippen molar-refractivity contribution in [3.8, 4) is 0 Å². The number of halogens is 1. The minimum absolute atomic E-state index is 0.163. The normalized spacial score (nSPS) is 10.2. The van der Waals surface area contributed by atoms with Crippen LogP contribution in [-0.2, 0) is 0 Å². The van der Waals surface area contributed by atoms with Crippen molar-refractivity contribution in [1.82, 2.24) is 9.36 Å². The second-order valence-corrected chi connectivity index (χ2v) is 4.27. The average Bonchev–Trinajstić information content (AvgIpc) is 2.74. The van der Waals surface area contributed by atoms with Crippen molar-refractivity contribution in [3.63, 3.8) is 0 Å². The Balaban J connectivity index is 2.26. The van der Waals surface area contributed by atoms with Crippen LogP contribution >= 0.6 is 11.5 Å². The molecule has 0 aliphatic rings. The number of amides is 1. The molecule has 5 nitrogen and oxygen atoms in total. The molecule has 0 unspecified atom stereocenters. The number of para-hydroxylation sites is 1. The van der Waals surface area contributed by atoms with Crippen LogP contribution in [-0.4, -0.2) is 22.3 Å². The Morgan fingerprint density at radius 2 is 2.22 bits per heavy atom. The van der Waals surface area contributed by atoms with E-state index in [0.29, 0.717) is 11.0 Å². The number of nitrogens with one attached hydrogen (secondary N) is 2. The van der Waals surface area contributed by atoms with Crippen LogP contribution in [0.2, 0.25) is 0 Å². The molecule has 0 aliphatic carbocycles. The SMILES string of the molecule is CNc1c(F)cccc1C(=O)Nc1nc(C)ns1. The second-order valence-electron chi connectivity index (χ2n) is 3.51.